The molecular formula is C14H23N3O2. The molecule has 0 aromatic carbocycles. The number of anilines is 2. The highest BCUT2D eigenvalue weighted by atomic mass is 16.5. The first-order valence-corrected chi connectivity index (χ1v) is 6.47. The molecule has 106 valence electrons. The highest BCUT2D eigenvalue weighted by Gasteiger charge is 2.20. The lowest BCUT2D eigenvalue weighted by atomic mass is 10.1. The van der Waals surface area contributed by atoms with Crippen molar-refractivity contribution in [3.8, 4) is 0 Å². The van der Waals surface area contributed by atoms with Crippen LogP contribution in [0.5, 0.6) is 0 Å². The fraction of sp³-hybridized carbons (Fsp3) is 0.571. The standard InChI is InChI=1S/C14H23N3O2/c1-9(2)8-17(10(3)4)13-12(15)11(6-7-16-13)14(18)19-5/h6-7,9-10H,8,15H2,1-5H3. The summed E-state index contributed by atoms with van der Waals surface area (Å²) in [6.07, 6.45) is 1.59. The Morgan fingerprint density at radius 2 is 2.05 bits per heavy atom. The molecule has 1 rings (SSSR count). The molecule has 0 bridgehead atoms. The highest BCUT2D eigenvalue weighted by Crippen LogP contribution is 2.26. The number of hydrogen-bond acceptors (Lipinski definition) is 5. The Morgan fingerprint density at radius 1 is 1.42 bits per heavy atom. The summed E-state index contributed by atoms with van der Waals surface area (Å²) in [7, 11) is 1.34. The molecule has 1 aromatic heterocycles. The van der Waals surface area contributed by atoms with Crippen molar-refractivity contribution in [2.45, 2.75) is 33.7 Å². The van der Waals surface area contributed by atoms with E-state index in [0.717, 1.165) is 6.54 Å². The number of carbonyl (C=O) groups excluding carboxylic acids is 1. The molecule has 2 N–H and O–H groups in total. The third kappa shape index (κ3) is 3.59. The van der Waals surface area contributed by atoms with Crippen LogP contribution in [0.2, 0.25) is 0 Å². The van der Waals surface area contributed by atoms with Crippen LogP contribution in [0.1, 0.15) is 38.1 Å². The monoisotopic (exact) mass is 265 g/mol. The normalized spacial score (nSPS) is 10.9. The van der Waals surface area contributed by atoms with E-state index in [1.54, 1.807) is 12.3 Å². The molecule has 0 spiro atoms. The fourth-order valence-corrected chi connectivity index (χ4v) is 1.91. The number of esters is 1. The topological polar surface area (TPSA) is 68.5 Å². The first-order chi connectivity index (χ1) is 8.88. The van der Waals surface area contributed by atoms with Crippen LogP contribution in [0.4, 0.5) is 11.5 Å². The van der Waals surface area contributed by atoms with Crippen LogP contribution in [-0.2, 0) is 4.74 Å². The van der Waals surface area contributed by atoms with Gasteiger partial charge in [-0.1, -0.05) is 13.8 Å². The number of hydrogen-bond donors (Lipinski definition) is 1. The van der Waals surface area contributed by atoms with Crippen molar-refractivity contribution < 1.29 is 9.53 Å². The van der Waals surface area contributed by atoms with Crippen LogP contribution in [-0.4, -0.2) is 30.6 Å². The van der Waals surface area contributed by atoms with E-state index in [0.29, 0.717) is 23.0 Å². The Balaban J connectivity index is 3.20. The summed E-state index contributed by atoms with van der Waals surface area (Å²) in [4.78, 5) is 18.1. The highest BCUT2D eigenvalue weighted by molar-refractivity contribution is 5.97. The van der Waals surface area contributed by atoms with E-state index in [-0.39, 0.29) is 6.04 Å². The molecule has 0 atom stereocenters. The SMILES string of the molecule is COC(=O)c1ccnc(N(CC(C)C)C(C)C)c1N. The van der Waals surface area contributed by atoms with Crippen LogP contribution < -0.4 is 10.6 Å². The van der Waals surface area contributed by atoms with Gasteiger partial charge in [-0.2, -0.15) is 0 Å². The Labute approximate surface area is 114 Å². The minimum absolute atomic E-state index is 0.255. The molecule has 1 aromatic rings. The average molecular weight is 265 g/mol. The van der Waals surface area contributed by atoms with Crippen molar-refractivity contribution in [1.82, 2.24) is 4.98 Å². The molecule has 0 aliphatic rings. The molecule has 5 heteroatoms. The van der Waals surface area contributed by atoms with E-state index in [4.69, 9.17) is 10.5 Å². The zero-order chi connectivity index (χ0) is 14.6. The second-order valence-corrected chi connectivity index (χ2v) is 5.23. The van der Waals surface area contributed by atoms with Gasteiger partial charge >= 0.3 is 5.97 Å². The Hall–Kier alpha value is -1.78. The van der Waals surface area contributed by atoms with Crippen molar-refractivity contribution in [3.63, 3.8) is 0 Å². The molecule has 0 saturated heterocycles. The summed E-state index contributed by atoms with van der Waals surface area (Å²) in [5, 5.41) is 0. The van der Waals surface area contributed by atoms with Gasteiger partial charge in [0.15, 0.2) is 5.82 Å². The second-order valence-electron chi connectivity index (χ2n) is 5.23. The Bertz CT molecular complexity index is 444. The number of nitrogens with two attached hydrogens (primary N) is 1. The molecule has 0 unspecified atom stereocenters. The first kappa shape index (κ1) is 15.3. The van der Waals surface area contributed by atoms with Gasteiger partial charge in [0.1, 0.15) is 0 Å². The van der Waals surface area contributed by atoms with Gasteiger partial charge in [0.05, 0.1) is 18.4 Å². The fourth-order valence-electron chi connectivity index (χ4n) is 1.91. The number of pyridine rings is 1. The third-order valence-electron chi connectivity index (χ3n) is 2.83. The smallest absolute Gasteiger partial charge is 0.340 e. The molecule has 0 saturated carbocycles. The average Bonchev–Trinajstić information content (AvgIpc) is 2.35. The number of ether oxygens (including phenoxy) is 1. The van der Waals surface area contributed by atoms with Crippen molar-refractivity contribution in [2.75, 3.05) is 24.3 Å². The summed E-state index contributed by atoms with van der Waals surface area (Å²) in [5.74, 6) is 0.686. The van der Waals surface area contributed by atoms with Crippen molar-refractivity contribution in [1.29, 1.82) is 0 Å². The van der Waals surface area contributed by atoms with Gasteiger partial charge in [0, 0.05) is 18.8 Å². The van der Waals surface area contributed by atoms with Gasteiger partial charge in [-0.25, -0.2) is 9.78 Å². The van der Waals surface area contributed by atoms with Crippen molar-refractivity contribution >= 4 is 17.5 Å². The molecule has 1 heterocycles. The van der Waals surface area contributed by atoms with Crippen molar-refractivity contribution in [3.05, 3.63) is 17.8 Å². The van der Waals surface area contributed by atoms with Crippen LogP contribution in [0.15, 0.2) is 12.3 Å². The summed E-state index contributed by atoms with van der Waals surface area (Å²) in [6.45, 7) is 9.26. The van der Waals surface area contributed by atoms with E-state index in [1.807, 2.05) is 0 Å². The van der Waals surface area contributed by atoms with Crippen LogP contribution in [0.25, 0.3) is 0 Å². The summed E-state index contributed by atoms with van der Waals surface area (Å²) >= 11 is 0. The molecule has 19 heavy (non-hydrogen) atoms. The van der Waals surface area contributed by atoms with Gasteiger partial charge in [-0.05, 0) is 25.8 Å². The largest absolute Gasteiger partial charge is 0.465 e. The molecule has 0 fully saturated rings. The maximum atomic E-state index is 11.7. The minimum Gasteiger partial charge on any atom is -0.465 e. The third-order valence-corrected chi connectivity index (χ3v) is 2.83. The quantitative estimate of drug-likeness (QED) is 0.827. The molecule has 0 radical (unpaired) electrons. The lowest BCUT2D eigenvalue weighted by molar-refractivity contribution is 0.0602. The lowest BCUT2D eigenvalue weighted by Gasteiger charge is -2.30. The number of methoxy groups -OCH3 is 1. The van der Waals surface area contributed by atoms with Crippen LogP contribution in [0, 0.1) is 5.92 Å². The first-order valence-electron chi connectivity index (χ1n) is 6.47. The zero-order valence-corrected chi connectivity index (χ0v) is 12.3. The molecule has 0 aliphatic heterocycles. The van der Waals surface area contributed by atoms with Crippen LogP contribution >= 0.6 is 0 Å². The molecule has 0 aliphatic carbocycles. The predicted octanol–water partition coefficient (Wildman–Crippen LogP) is 2.32. The Kier molecular flexibility index (Phi) is 5.15. The van der Waals surface area contributed by atoms with E-state index >= 15 is 0 Å². The number of nitrogen functional groups attached to an aromatic ring is 1. The predicted molar refractivity (Wildman–Crippen MR) is 77.3 cm³/mol. The number of aromatic nitrogens is 1. The van der Waals surface area contributed by atoms with Crippen LogP contribution in [0.3, 0.4) is 0 Å². The van der Waals surface area contributed by atoms with E-state index < -0.39 is 5.97 Å². The van der Waals surface area contributed by atoms with Gasteiger partial charge in [0.25, 0.3) is 0 Å². The van der Waals surface area contributed by atoms with Crippen molar-refractivity contribution in [2.24, 2.45) is 5.92 Å². The lowest BCUT2D eigenvalue weighted by Crippen LogP contribution is -2.35. The summed E-state index contributed by atoms with van der Waals surface area (Å²) < 4.78 is 4.73. The molecule has 0 amide bonds. The number of nitrogens with zero attached hydrogens (tertiary/aromatic N) is 2. The Morgan fingerprint density at radius 3 is 2.53 bits per heavy atom. The maximum absolute atomic E-state index is 11.7. The zero-order valence-electron chi connectivity index (χ0n) is 12.3. The second kappa shape index (κ2) is 6.41. The molecule has 5 nitrogen and oxygen atoms in total. The van der Waals surface area contributed by atoms with E-state index in [2.05, 4.69) is 37.6 Å². The van der Waals surface area contributed by atoms with Gasteiger partial charge in [-0.3, -0.25) is 0 Å². The maximum Gasteiger partial charge on any atom is 0.340 e. The van der Waals surface area contributed by atoms with Gasteiger partial charge < -0.3 is 15.4 Å². The van der Waals surface area contributed by atoms with Gasteiger partial charge in [-0.15, -0.1) is 0 Å². The summed E-state index contributed by atoms with van der Waals surface area (Å²) in [6, 6.07) is 1.84. The summed E-state index contributed by atoms with van der Waals surface area (Å²) in [5.41, 5.74) is 6.81. The minimum atomic E-state index is -0.436. The van der Waals surface area contributed by atoms with E-state index in [1.165, 1.54) is 7.11 Å². The van der Waals surface area contributed by atoms with E-state index in [9.17, 15) is 4.79 Å². The number of rotatable bonds is 5. The molecular weight excluding hydrogens is 242 g/mol. The number of carbonyl (C=O) groups is 1. The van der Waals surface area contributed by atoms with Gasteiger partial charge in [0.2, 0.25) is 0 Å².